The minimum atomic E-state index is -0.390. The first-order chi connectivity index (χ1) is 8.43. The van der Waals surface area contributed by atoms with E-state index in [0.29, 0.717) is 11.3 Å². The molecule has 0 saturated heterocycles. The fraction of sp³-hybridized carbons (Fsp3) is 0.385. The highest BCUT2D eigenvalue weighted by Crippen LogP contribution is 2.30. The van der Waals surface area contributed by atoms with Gasteiger partial charge in [-0.05, 0) is 30.9 Å². The van der Waals surface area contributed by atoms with E-state index < -0.39 is 0 Å². The maximum Gasteiger partial charge on any atom is 0.308 e. The molecule has 0 radical (unpaired) electrons. The molecule has 1 aromatic carbocycles. The SMILES string of the molecule is CSc1cc(C)c(OC(C)=O)c(COC(C)=O)c1. The molecule has 0 aromatic heterocycles. The lowest BCUT2D eigenvalue weighted by atomic mass is 10.1. The van der Waals surface area contributed by atoms with E-state index in [1.54, 1.807) is 11.8 Å². The van der Waals surface area contributed by atoms with Gasteiger partial charge in [-0.1, -0.05) is 0 Å². The first-order valence-corrected chi connectivity index (χ1v) is 6.65. The minimum Gasteiger partial charge on any atom is -0.461 e. The molecule has 4 nitrogen and oxygen atoms in total. The summed E-state index contributed by atoms with van der Waals surface area (Å²) in [5.41, 5.74) is 1.55. The Morgan fingerprint density at radius 2 is 1.89 bits per heavy atom. The van der Waals surface area contributed by atoms with E-state index in [1.807, 2.05) is 25.3 Å². The Morgan fingerprint density at radius 3 is 2.39 bits per heavy atom. The van der Waals surface area contributed by atoms with Gasteiger partial charge in [0, 0.05) is 24.3 Å². The van der Waals surface area contributed by atoms with Gasteiger partial charge in [-0.15, -0.1) is 11.8 Å². The maximum absolute atomic E-state index is 11.1. The molecule has 1 aromatic rings. The van der Waals surface area contributed by atoms with Crippen LogP contribution in [0.5, 0.6) is 5.75 Å². The number of rotatable bonds is 4. The molecule has 0 unspecified atom stereocenters. The second-order valence-electron chi connectivity index (χ2n) is 3.81. The van der Waals surface area contributed by atoms with Crippen molar-refractivity contribution in [2.24, 2.45) is 0 Å². The van der Waals surface area contributed by atoms with Crippen molar-refractivity contribution in [1.82, 2.24) is 0 Å². The Balaban J connectivity index is 3.11. The number of carbonyl (C=O) groups is 2. The smallest absolute Gasteiger partial charge is 0.308 e. The van der Waals surface area contributed by atoms with Crippen LogP contribution >= 0.6 is 11.8 Å². The van der Waals surface area contributed by atoms with Crippen LogP contribution in [0.25, 0.3) is 0 Å². The largest absolute Gasteiger partial charge is 0.461 e. The van der Waals surface area contributed by atoms with Gasteiger partial charge in [-0.2, -0.15) is 0 Å². The highest BCUT2D eigenvalue weighted by atomic mass is 32.2. The van der Waals surface area contributed by atoms with Crippen LogP contribution < -0.4 is 4.74 Å². The first-order valence-electron chi connectivity index (χ1n) is 5.43. The van der Waals surface area contributed by atoms with E-state index in [4.69, 9.17) is 9.47 Å². The number of aryl methyl sites for hydroxylation is 1. The van der Waals surface area contributed by atoms with Gasteiger partial charge >= 0.3 is 11.9 Å². The Bertz CT molecular complexity index is 468. The quantitative estimate of drug-likeness (QED) is 0.477. The molecule has 0 aliphatic heterocycles. The Morgan fingerprint density at radius 1 is 1.22 bits per heavy atom. The molecule has 0 spiro atoms. The predicted molar refractivity (Wildman–Crippen MR) is 69.7 cm³/mol. The zero-order valence-electron chi connectivity index (χ0n) is 10.9. The molecule has 0 amide bonds. The second-order valence-corrected chi connectivity index (χ2v) is 4.69. The third-order valence-corrected chi connectivity index (χ3v) is 2.94. The molecule has 0 atom stereocenters. The molecule has 0 N–H and O–H groups in total. The van der Waals surface area contributed by atoms with E-state index in [1.165, 1.54) is 13.8 Å². The van der Waals surface area contributed by atoms with Gasteiger partial charge in [0.2, 0.25) is 0 Å². The molecule has 0 heterocycles. The lowest BCUT2D eigenvalue weighted by Gasteiger charge is -2.13. The van der Waals surface area contributed by atoms with E-state index in [9.17, 15) is 9.59 Å². The van der Waals surface area contributed by atoms with Crippen LogP contribution in [-0.2, 0) is 20.9 Å². The topological polar surface area (TPSA) is 52.6 Å². The molecule has 1 rings (SSSR count). The van der Waals surface area contributed by atoms with Crippen LogP contribution in [-0.4, -0.2) is 18.2 Å². The number of thioether (sulfide) groups is 1. The van der Waals surface area contributed by atoms with Crippen molar-refractivity contribution in [2.45, 2.75) is 32.3 Å². The molecule has 98 valence electrons. The van der Waals surface area contributed by atoms with Crippen molar-refractivity contribution < 1.29 is 19.1 Å². The van der Waals surface area contributed by atoms with E-state index >= 15 is 0 Å². The lowest BCUT2D eigenvalue weighted by molar-refractivity contribution is -0.142. The summed E-state index contributed by atoms with van der Waals surface area (Å²) in [6.45, 7) is 4.65. The third kappa shape index (κ3) is 4.07. The van der Waals surface area contributed by atoms with Crippen LogP contribution in [0.2, 0.25) is 0 Å². The van der Waals surface area contributed by atoms with Gasteiger partial charge in [-0.3, -0.25) is 9.59 Å². The Kier molecular flexibility index (Phi) is 5.22. The van der Waals surface area contributed by atoms with Gasteiger partial charge in [-0.25, -0.2) is 0 Å². The Labute approximate surface area is 111 Å². The van der Waals surface area contributed by atoms with Crippen LogP contribution in [0.3, 0.4) is 0 Å². The lowest BCUT2D eigenvalue weighted by Crippen LogP contribution is -2.08. The van der Waals surface area contributed by atoms with E-state index in [0.717, 1.165) is 10.5 Å². The number of benzene rings is 1. The normalized spacial score (nSPS) is 10.0. The molecule has 0 aliphatic rings. The standard InChI is InChI=1S/C13H16O4S/c1-8-5-12(18-4)6-11(7-16-9(2)14)13(8)17-10(3)15/h5-6H,7H2,1-4H3. The van der Waals surface area contributed by atoms with Gasteiger partial charge < -0.3 is 9.47 Å². The predicted octanol–water partition coefficient (Wildman–Crippen LogP) is 2.71. The van der Waals surface area contributed by atoms with Crippen molar-refractivity contribution in [3.63, 3.8) is 0 Å². The summed E-state index contributed by atoms with van der Waals surface area (Å²) >= 11 is 1.58. The highest BCUT2D eigenvalue weighted by Gasteiger charge is 2.12. The molecule has 18 heavy (non-hydrogen) atoms. The molecule has 5 heteroatoms. The van der Waals surface area contributed by atoms with Gasteiger partial charge in [0.1, 0.15) is 12.4 Å². The van der Waals surface area contributed by atoms with E-state index in [2.05, 4.69) is 0 Å². The number of esters is 2. The fourth-order valence-electron chi connectivity index (χ4n) is 1.51. The molecule has 0 fully saturated rings. The van der Waals surface area contributed by atoms with E-state index in [-0.39, 0.29) is 18.5 Å². The maximum atomic E-state index is 11.1. The molecule has 0 bridgehead atoms. The number of hydrogen-bond donors (Lipinski definition) is 0. The summed E-state index contributed by atoms with van der Waals surface area (Å²) in [5.74, 6) is -0.281. The molecular formula is C13H16O4S. The van der Waals surface area contributed by atoms with Gasteiger partial charge in [0.25, 0.3) is 0 Å². The summed E-state index contributed by atoms with van der Waals surface area (Å²) in [5, 5.41) is 0. The summed E-state index contributed by atoms with van der Waals surface area (Å²) in [6, 6.07) is 3.79. The molecular weight excluding hydrogens is 252 g/mol. The summed E-state index contributed by atoms with van der Waals surface area (Å²) in [6.07, 6.45) is 1.95. The van der Waals surface area contributed by atoms with Crippen LogP contribution in [0.4, 0.5) is 0 Å². The highest BCUT2D eigenvalue weighted by molar-refractivity contribution is 7.98. The van der Waals surface area contributed by atoms with Crippen molar-refractivity contribution in [1.29, 1.82) is 0 Å². The average Bonchev–Trinajstić information content (AvgIpc) is 2.29. The zero-order valence-corrected chi connectivity index (χ0v) is 11.7. The van der Waals surface area contributed by atoms with Crippen LogP contribution in [0, 0.1) is 6.92 Å². The monoisotopic (exact) mass is 268 g/mol. The number of carbonyl (C=O) groups excluding carboxylic acids is 2. The average molecular weight is 268 g/mol. The summed E-state index contributed by atoms with van der Waals surface area (Å²) in [4.78, 5) is 23.0. The first kappa shape index (κ1) is 14.6. The molecule has 0 aliphatic carbocycles. The summed E-state index contributed by atoms with van der Waals surface area (Å²) in [7, 11) is 0. The van der Waals surface area contributed by atoms with Crippen molar-refractivity contribution in [3.8, 4) is 5.75 Å². The number of ether oxygens (including phenoxy) is 2. The van der Waals surface area contributed by atoms with Crippen molar-refractivity contribution in [2.75, 3.05) is 6.26 Å². The second kappa shape index (κ2) is 6.44. The minimum absolute atomic E-state index is 0.104. The van der Waals surface area contributed by atoms with Gasteiger partial charge in [0.05, 0.1) is 0 Å². The van der Waals surface area contributed by atoms with Crippen molar-refractivity contribution in [3.05, 3.63) is 23.3 Å². The fourth-order valence-corrected chi connectivity index (χ4v) is 2.06. The third-order valence-electron chi connectivity index (χ3n) is 2.24. The van der Waals surface area contributed by atoms with Gasteiger partial charge in [0.15, 0.2) is 0 Å². The Hall–Kier alpha value is -1.49. The molecule has 0 saturated carbocycles. The summed E-state index contributed by atoms with van der Waals surface area (Å²) < 4.78 is 10.1. The van der Waals surface area contributed by atoms with Crippen LogP contribution in [0.1, 0.15) is 25.0 Å². The number of hydrogen-bond acceptors (Lipinski definition) is 5. The van der Waals surface area contributed by atoms with Crippen molar-refractivity contribution >= 4 is 23.7 Å². The zero-order chi connectivity index (χ0) is 13.7. The van der Waals surface area contributed by atoms with Crippen LogP contribution in [0.15, 0.2) is 17.0 Å².